The summed E-state index contributed by atoms with van der Waals surface area (Å²) in [6.07, 6.45) is 5.33. The van der Waals surface area contributed by atoms with Gasteiger partial charge in [-0.2, -0.15) is 0 Å². The molecule has 82 valence electrons. The number of aldehydes is 1. The Morgan fingerprint density at radius 1 is 1.38 bits per heavy atom. The molecule has 1 aliphatic heterocycles. The summed E-state index contributed by atoms with van der Waals surface area (Å²) in [5, 5.41) is 0. The zero-order valence-electron chi connectivity index (χ0n) is 9.27. The van der Waals surface area contributed by atoms with Crippen LogP contribution in [0.1, 0.15) is 18.9 Å². The zero-order valence-corrected chi connectivity index (χ0v) is 9.27. The van der Waals surface area contributed by atoms with E-state index < -0.39 is 0 Å². The van der Waals surface area contributed by atoms with Crippen molar-refractivity contribution in [3.63, 3.8) is 0 Å². The number of fused-ring (bicyclic) bond motifs is 1. The van der Waals surface area contributed by atoms with Crippen molar-refractivity contribution < 1.29 is 9.53 Å². The van der Waals surface area contributed by atoms with E-state index in [2.05, 4.69) is 12.1 Å². The molecule has 0 spiro atoms. The second-order valence-electron chi connectivity index (χ2n) is 3.81. The molecule has 2 nitrogen and oxygen atoms in total. The van der Waals surface area contributed by atoms with E-state index in [0.29, 0.717) is 6.61 Å². The lowest BCUT2D eigenvalue weighted by atomic mass is 9.98. The van der Waals surface area contributed by atoms with Gasteiger partial charge in [0.05, 0.1) is 6.61 Å². The second-order valence-corrected chi connectivity index (χ2v) is 3.81. The minimum atomic E-state index is 0.706. The first-order chi connectivity index (χ1) is 7.81. The first-order valence-electron chi connectivity index (χ1n) is 5.36. The molecule has 0 atom stereocenters. The van der Waals surface area contributed by atoms with Gasteiger partial charge < -0.3 is 4.74 Å². The summed E-state index contributed by atoms with van der Waals surface area (Å²) in [6.45, 7) is 2.64. The lowest BCUT2D eigenvalue weighted by Crippen LogP contribution is -2.07. The maximum atomic E-state index is 10.4. The fraction of sp³-hybridized carbons (Fsp3) is 0.214. The van der Waals surface area contributed by atoms with Crippen LogP contribution in [0.5, 0.6) is 5.75 Å². The molecule has 0 unspecified atom stereocenters. The van der Waals surface area contributed by atoms with Gasteiger partial charge in [-0.15, -0.1) is 0 Å². The minimum Gasteiger partial charge on any atom is -0.493 e. The molecular weight excluding hydrogens is 200 g/mol. The zero-order chi connectivity index (χ0) is 11.4. The number of hydrogen-bond acceptors (Lipinski definition) is 2. The molecule has 1 aromatic carbocycles. The molecule has 0 N–H and O–H groups in total. The Labute approximate surface area is 95.2 Å². The van der Waals surface area contributed by atoms with Crippen molar-refractivity contribution in [2.45, 2.75) is 13.3 Å². The van der Waals surface area contributed by atoms with Gasteiger partial charge in [0.2, 0.25) is 0 Å². The molecule has 0 aliphatic carbocycles. The van der Waals surface area contributed by atoms with Crippen LogP contribution >= 0.6 is 0 Å². The molecule has 1 heterocycles. The number of allylic oxidation sites excluding steroid dienone is 3. The van der Waals surface area contributed by atoms with Gasteiger partial charge in [-0.3, -0.25) is 4.79 Å². The van der Waals surface area contributed by atoms with Crippen LogP contribution in [-0.4, -0.2) is 12.9 Å². The number of rotatable bonds is 2. The van der Waals surface area contributed by atoms with E-state index in [0.717, 1.165) is 29.6 Å². The summed E-state index contributed by atoms with van der Waals surface area (Å²) in [5.41, 5.74) is 3.34. The summed E-state index contributed by atoms with van der Waals surface area (Å²) in [4.78, 5) is 10.4. The molecule has 16 heavy (non-hydrogen) atoms. The molecule has 2 heteroatoms. The molecule has 0 amide bonds. The van der Waals surface area contributed by atoms with Crippen molar-refractivity contribution in [2.75, 3.05) is 6.61 Å². The van der Waals surface area contributed by atoms with Crippen molar-refractivity contribution in [2.24, 2.45) is 0 Å². The Kier molecular flexibility index (Phi) is 3.20. The molecule has 1 aromatic rings. The van der Waals surface area contributed by atoms with E-state index in [1.54, 1.807) is 6.08 Å². The number of hydrogen-bond donors (Lipinski definition) is 0. The number of ether oxygens (including phenoxy) is 1. The molecule has 0 saturated carbocycles. The van der Waals surface area contributed by atoms with Crippen LogP contribution in [0.4, 0.5) is 0 Å². The van der Waals surface area contributed by atoms with Gasteiger partial charge in [-0.25, -0.2) is 0 Å². The average molecular weight is 214 g/mol. The Balaban J connectivity index is 2.38. The number of benzene rings is 1. The molecule has 1 aliphatic rings. The Bertz CT molecular complexity index is 456. The Morgan fingerprint density at radius 2 is 2.19 bits per heavy atom. The van der Waals surface area contributed by atoms with Gasteiger partial charge in [-0.1, -0.05) is 24.3 Å². The highest BCUT2D eigenvalue weighted by atomic mass is 16.5. The summed E-state index contributed by atoms with van der Waals surface area (Å²) >= 11 is 0. The Hall–Kier alpha value is -1.83. The molecule has 0 aromatic heterocycles. The van der Waals surface area contributed by atoms with Gasteiger partial charge in [-0.05, 0) is 30.2 Å². The van der Waals surface area contributed by atoms with E-state index in [1.165, 1.54) is 5.57 Å². The smallest absolute Gasteiger partial charge is 0.143 e. The summed E-state index contributed by atoms with van der Waals surface area (Å²) < 4.78 is 5.57. The summed E-state index contributed by atoms with van der Waals surface area (Å²) in [5.74, 6) is 0.930. The summed E-state index contributed by atoms with van der Waals surface area (Å²) in [7, 11) is 0. The predicted octanol–water partition coefficient (Wildman–Crippen LogP) is 3.00. The van der Waals surface area contributed by atoms with Gasteiger partial charge >= 0.3 is 0 Å². The quantitative estimate of drug-likeness (QED) is 0.558. The van der Waals surface area contributed by atoms with Gasteiger partial charge in [0.15, 0.2) is 0 Å². The van der Waals surface area contributed by atoms with E-state index in [4.69, 9.17) is 4.74 Å². The predicted molar refractivity (Wildman–Crippen MR) is 64.4 cm³/mol. The Morgan fingerprint density at radius 3 is 3.00 bits per heavy atom. The van der Waals surface area contributed by atoms with Crippen LogP contribution < -0.4 is 4.74 Å². The third-order valence-corrected chi connectivity index (χ3v) is 2.59. The standard InChI is InChI=1S/C14H14O2/c1-11(6-8-15)10-12-7-9-16-14-5-3-2-4-13(12)14/h2-6,8,10H,7,9H2,1H3/b11-6-,12-10+. The molecule has 0 bridgehead atoms. The molecular formula is C14H14O2. The van der Waals surface area contributed by atoms with Crippen LogP contribution in [0, 0.1) is 0 Å². The van der Waals surface area contributed by atoms with Crippen molar-refractivity contribution in [3.8, 4) is 5.75 Å². The first kappa shape index (κ1) is 10.7. The lowest BCUT2D eigenvalue weighted by molar-refractivity contribution is -0.104. The fourth-order valence-electron chi connectivity index (χ4n) is 1.84. The SMILES string of the molecule is CC(=C/C=O)/C=C1\CCOc2ccccc21. The lowest BCUT2D eigenvalue weighted by Gasteiger charge is -2.19. The van der Waals surface area contributed by atoms with E-state index in [-0.39, 0.29) is 0 Å². The number of carbonyl (C=O) groups is 1. The topological polar surface area (TPSA) is 26.3 Å². The van der Waals surface area contributed by atoms with Crippen molar-refractivity contribution in [1.82, 2.24) is 0 Å². The van der Waals surface area contributed by atoms with Gasteiger partial charge in [0.1, 0.15) is 12.0 Å². The number of carbonyl (C=O) groups excluding carboxylic acids is 1. The van der Waals surface area contributed by atoms with Crippen LogP contribution in [0.25, 0.3) is 5.57 Å². The monoisotopic (exact) mass is 214 g/mol. The van der Waals surface area contributed by atoms with Crippen molar-refractivity contribution in [1.29, 1.82) is 0 Å². The van der Waals surface area contributed by atoms with Gasteiger partial charge in [0.25, 0.3) is 0 Å². The highest BCUT2D eigenvalue weighted by Gasteiger charge is 2.13. The molecule has 0 radical (unpaired) electrons. The summed E-state index contributed by atoms with van der Waals surface area (Å²) in [6, 6.07) is 7.99. The third-order valence-electron chi connectivity index (χ3n) is 2.59. The largest absolute Gasteiger partial charge is 0.493 e. The maximum Gasteiger partial charge on any atom is 0.143 e. The fourth-order valence-corrected chi connectivity index (χ4v) is 1.84. The third kappa shape index (κ3) is 2.22. The highest BCUT2D eigenvalue weighted by Crippen LogP contribution is 2.32. The van der Waals surface area contributed by atoms with Crippen molar-refractivity contribution >= 4 is 11.9 Å². The molecule has 0 fully saturated rings. The molecule has 2 rings (SSSR count). The maximum absolute atomic E-state index is 10.4. The number of para-hydroxylation sites is 1. The average Bonchev–Trinajstić information content (AvgIpc) is 2.30. The van der Waals surface area contributed by atoms with Crippen LogP contribution in [-0.2, 0) is 4.79 Å². The van der Waals surface area contributed by atoms with Crippen LogP contribution in [0.2, 0.25) is 0 Å². The normalized spacial score (nSPS) is 17.8. The van der Waals surface area contributed by atoms with E-state index in [1.807, 2.05) is 25.1 Å². The minimum absolute atomic E-state index is 0.706. The second kappa shape index (κ2) is 4.79. The van der Waals surface area contributed by atoms with Gasteiger partial charge in [0, 0.05) is 12.0 Å². The van der Waals surface area contributed by atoms with E-state index >= 15 is 0 Å². The van der Waals surface area contributed by atoms with E-state index in [9.17, 15) is 4.79 Å². The molecule has 0 saturated heterocycles. The van der Waals surface area contributed by atoms with Crippen LogP contribution in [0.3, 0.4) is 0 Å². The highest BCUT2D eigenvalue weighted by molar-refractivity contribution is 5.75. The first-order valence-corrected chi connectivity index (χ1v) is 5.36. The van der Waals surface area contributed by atoms with Crippen molar-refractivity contribution in [3.05, 3.63) is 47.6 Å². The van der Waals surface area contributed by atoms with Crippen LogP contribution in [0.15, 0.2) is 42.0 Å².